The third-order valence-electron chi connectivity index (χ3n) is 5.07. The summed E-state index contributed by atoms with van der Waals surface area (Å²) in [5.74, 6) is -0.358. The van der Waals surface area contributed by atoms with Gasteiger partial charge in [0.15, 0.2) is 0 Å². The van der Waals surface area contributed by atoms with Gasteiger partial charge in [-0.15, -0.1) is 11.3 Å². The number of amides is 1. The number of carbonyl (C=O) groups is 2. The van der Waals surface area contributed by atoms with Gasteiger partial charge in [0.2, 0.25) is 0 Å². The van der Waals surface area contributed by atoms with Crippen molar-refractivity contribution >= 4 is 23.2 Å². The van der Waals surface area contributed by atoms with E-state index in [0.29, 0.717) is 13.1 Å². The number of carboxylic acid groups (broad SMARTS) is 1. The molecule has 23 heavy (non-hydrogen) atoms. The van der Waals surface area contributed by atoms with E-state index in [1.807, 2.05) is 4.90 Å². The zero-order valence-electron chi connectivity index (χ0n) is 13.6. The highest BCUT2D eigenvalue weighted by Crippen LogP contribution is 2.30. The Hall–Kier alpha value is -1.36. The molecule has 0 saturated carbocycles. The Labute approximate surface area is 141 Å². The van der Waals surface area contributed by atoms with Crippen LogP contribution >= 0.6 is 11.3 Å². The minimum absolute atomic E-state index is 0.149. The molecule has 1 N–H and O–H groups in total. The maximum Gasteiger partial charge on any atom is 0.303 e. The fourth-order valence-electron chi connectivity index (χ4n) is 3.69. The molecule has 1 fully saturated rings. The van der Waals surface area contributed by atoms with Crippen LogP contribution in [0.4, 0.5) is 0 Å². The predicted octanol–water partition coefficient (Wildman–Crippen LogP) is 3.73. The van der Waals surface area contributed by atoms with Gasteiger partial charge in [-0.05, 0) is 56.1 Å². The molecule has 0 radical (unpaired) electrons. The zero-order valence-corrected chi connectivity index (χ0v) is 14.4. The number of nitrogens with zero attached hydrogens (tertiary/aromatic N) is 1. The SMILES string of the molecule is O=C(O)CC1CCN(C(=O)c2cc3c(s2)CCCCCC3)CC1. The second-order valence-corrected chi connectivity index (χ2v) is 7.94. The molecule has 4 nitrogen and oxygen atoms in total. The molecule has 3 rings (SSSR count). The number of fused-ring (bicyclic) bond motifs is 1. The maximum atomic E-state index is 12.7. The van der Waals surface area contributed by atoms with Crippen LogP contribution in [0.15, 0.2) is 6.07 Å². The molecule has 1 aromatic rings. The third-order valence-corrected chi connectivity index (χ3v) is 6.30. The average molecular weight is 335 g/mol. The van der Waals surface area contributed by atoms with E-state index in [1.54, 1.807) is 11.3 Å². The van der Waals surface area contributed by atoms with Crippen LogP contribution in [0.2, 0.25) is 0 Å². The van der Waals surface area contributed by atoms with Gasteiger partial charge in [0.05, 0.1) is 4.88 Å². The van der Waals surface area contributed by atoms with Crippen molar-refractivity contribution in [2.45, 2.75) is 57.8 Å². The fourth-order valence-corrected chi connectivity index (χ4v) is 4.91. The van der Waals surface area contributed by atoms with Gasteiger partial charge < -0.3 is 10.0 Å². The number of carboxylic acids is 1. The lowest BCUT2D eigenvalue weighted by Gasteiger charge is -2.31. The topological polar surface area (TPSA) is 57.6 Å². The van der Waals surface area contributed by atoms with Crippen LogP contribution in [0.3, 0.4) is 0 Å². The Balaban J connectivity index is 1.62. The van der Waals surface area contributed by atoms with Crippen LogP contribution in [0.1, 0.15) is 65.1 Å². The molecular formula is C18H25NO3S. The van der Waals surface area contributed by atoms with E-state index in [0.717, 1.165) is 30.6 Å². The summed E-state index contributed by atoms with van der Waals surface area (Å²) in [6.45, 7) is 1.39. The molecule has 0 aromatic carbocycles. The Kier molecular flexibility index (Phi) is 5.36. The summed E-state index contributed by atoms with van der Waals surface area (Å²) in [5.41, 5.74) is 1.39. The van der Waals surface area contributed by atoms with E-state index in [9.17, 15) is 9.59 Å². The Morgan fingerprint density at radius 3 is 2.52 bits per heavy atom. The summed E-state index contributed by atoms with van der Waals surface area (Å²) < 4.78 is 0. The lowest BCUT2D eigenvalue weighted by molar-refractivity contribution is -0.138. The van der Waals surface area contributed by atoms with Crippen molar-refractivity contribution in [3.63, 3.8) is 0 Å². The van der Waals surface area contributed by atoms with Crippen molar-refractivity contribution in [1.29, 1.82) is 0 Å². The lowest BCUT2D eigenvalue weighted by atomic mass is 9.93. The number of aliphatic carboxylic acids is 1. The smallest absolute Gasteiger partial charge is 0.303 e. The van der Waals surface area contributed by atoms with Crippen LogP contribution in [-0.2, 0) is 17.6 Å². The first-order valence-electron chi connectivity index (χ1n) is 8.76. The molecule has 0 spiro atoms. The predicted molar refractivity (Wildman–Crippen MR) is 91.1 cm³/mol. The Bertz CT molecular complexity index is 547. The van der Waals surface area contributed by atoms with Gasteiger partial charge in [-0.2, -0.15) is 0 Å². The van der Waals surface area contributed by atoms with Crippen LogP contribution in [-0.4, -0.2) is 35.0 Å². The molecule has 1 saturated heterocycles. The Morgan fingerprint density at radius 2 is 1.83 bits per heavy atom. The van der Waals surface area contributed by atoms with E-state index >= 15 is 0 Å². The van der Waals surface area contributed by atoms with E-state index in [-0.39, 0.29) is 18.2 Å². The molecule has 0 bridgehead atoms. The second kappa shape index (κ2) is 7.47. The van der Waals surface area contributed by atoms with Crippen LogP contribution in [0.5, 0.6) is 0 Å². The summed E-state index contributed by atoms with van der Waals surface area (Å²) in [5, 5.41) is 8.88. The first kappa shape index (κ1) is 16.5. The molecule has 0 unspecified atom stereocenters. The lowest BCUT2D eigenvalue weighted by Crippen LogP contribution is -2.38. The van der Waals surface area contributed by atoms with Gasteiger partial charge in [-0.25, -0.2) is 0 Å². The normalized spacial score (nSPS) is 19.7. The average Bonchev–Trinajstić information content (AvgIpc) is 2.89. The number of piperidine rings is 1. The van der Waals surface area contributed by atoms with Crippen molar-refractivity contribution in [1.82, 2.24) is 4.90 Å². The highest BCUT2D eigenvalue weighted by molar-refractivity contribution is 7.14. The largest absolute Gasteiger partial charge is 0.481 e. The van der Waals surface area contributed by atoms with Gasteiger partial charge in [-0.3, -0.25) is 9.59 Å². The molecule has 5 heteroatoms. The van der Waals surface area contributed by atoms with Crippen molar-refractivity contribution in [2.75, 3.05) is 13.1 Å². The highest BCUT2D eigenvalue weighted by Gasteiger charge is 2.26. The zero-order chi connectivity index (χ0) is 16.2. The molecule has 1 aliphatic heterocycles. The number of hydrogen-bond acceptors (Lipinski definition) is 3. The van der Waals surface area contributed by atoms with Crippen molar-refractivity contribution in [2.24, 2.45) is 5.92 Å². The van der Waals surface area contributed by atoms with Gasteiger partial charge in [-0.1, -0.05) is 12.8 Å². The first-order valence-corrected chi connectivity index (χ1v) is 9.58. The summed E-state index contributed by atoms with van der Waals surface area (Å²) in [6.07, 6.45) is 9.16. The molecule has 126 valence electrons. The maximum absolute atomic E-state index is 12.7. The Morgan fingerprint density at radius 1 is 1.13 bits per heavy atom. The molecular weight excluding hydrogens is 310 g/mol. The molecule has 0 atom stereocenters. The number of aryl methyl sites for hydroxylation is 2. The van der Waals surface area contributed by atoms with Gasteiger partial charge >= 0.3 is 5.97 Å². The minimum atomic E-state index is -0.729. The number of likely N-dealkylation sites (tertiary alicyclic amines) is 1. The summed E-state index contributed by atoms with van der Waals surface area (Å²) in [7, 11) is 0. The van der Waals surface area contributed by atoms with Gasteiger partial charge in [0.25, 0.3) is 5.91 Å². The quantitative estimate of drug-likeness (QED) is 0.915. The molecule has 1 aliphatic carbocycles. The van der Waals surface area contributed by atoms with Crippen LogP contribution in [0.25, 0.3) is 0 Å². The summed E-state index contributed by atoms with van der Waals surface area (Å²) >= 11 is 1.69. The van der Waals surface area contributed by atoms with Gasteiger partial charge in [0.1, 0.15) is 0 Å². The van der Waals surface area contributed by atoms with Crippen molar-refractivity contribution in [3.8, 4) is 0 Å². The number of rotatable bonds is 3. The fraction of sp³-hybridized carbons (Fsp3) is 0.667. The van der Waals surface area contributed by atoms with Crippen LogP contribution < -0.4 is 0 Å². The molecule has 2 heterocycles. The van der Waals surface area contributed by atoms with E-state index in [1.165, 1.54) is 36.1 Å². The molecule has 2 aliphatic rings. The minimum Gasteiger partial charge on any atom is -0.481 e. The summed E-state index contributed by atoms with van der Waals surface area (Å²) in [4.78, 5) is 27.7. The third kappa shape index (κ3) is 4.14. The second-order valence-electron chi connectivity index (χ2n) is 6.81. The van der Waals surface area contributed by atoms with E-state index < -0.39 is 5.97 Å². The summed E-state index contributed by atoms with van der Waals surface area (Å²) in [6, 6.07) is 2.12. The number of thiophene rings is 1. The van der Waals surface area contributed by atoms with E-state index in [4.69, 9.17) is 5.11 Å². The molecule has 1 aromatic heterocycles. The highest BCUT2D eigenvalue weighted by atomic mass is 32.1. The monoisotopic (exact) mass is 335 g/mol. The number of carbonyl (C=O) groups excluding carboxylic acids is 1. The van der Waals surface area contributed by atoms with Crippen LogP contribution in [0, 0.1) is 5.92 Å². The molecule has 1 amide bonds. The van der Waals surface area contributed by atoms with E-state index in [2.05, 4.69) is 6.07 Å². The number of hydrogen-bond donors (Lipinski definition) is 1. The van der Waals surface area contributed by atoms with Crippen molar-refractivity contribution < 1.29 is 14.7 Å². The van der Waals surface area contributed by atoms with Crippen molar-refractivity contribution in [3.05, 3.63) is 21.4 Å². The first-order chi connectivity index (χ1) is 11.1. The standard InChI is InChI=1S/C18H25NO3S/c20-17(21)11-13-7-9-19(10-8-13)18(22)16-12-14-5-3-1-2-4-6-15(14)23-16/h12-13H,1-11H2,(H,20,21). The van der Waals surface area contributed by atoms with Gasteiger partial charge in [0, 0.05) is 24.4 Å².